The summed E-state index contributed by atoms with van der Waals surface area (Å²) in [6, 6.07) is 2.93. The van der Waals surface area contributed by atoms with Gasteiger partial charge in [-0.25, -0.2) is 8.42 Å². The zero-order valence-electron chi connectivity index (χ0n) is 8.65. The number of rotatable bonds is 4. The van der Waals surface area contributed by atoms with E-state index in [4.69, 9.17) is 6.42 Å². The Labute approximate surface area is 94.6 Å². The van der Waals surface area contributed by atoms with Gasteiger partial charge in [0.25, 0.3) is 10.0 Å². The topological polar surface area (TPSA) is 46.2 Å². The second-order valence-electron chi connectivity index (χ2n) is 3.11. The molecule has 1 heterocycles. The molecule has 0 spiro atoms. The van der Waals surface area contributed by atoms with Crippen molar-refractivity contribution in [1.82, 2.24) is 4.72 Å². The molecule has 0 aliphatic carbocycles. The minimum absolute atomic E-state index is 0.314. The van der Waals surface area contributed by atoms with Gasteiger partial charge >= 0.3 is 0 Å². The summed E-state index contributed by atoms with van der Waals surface area (Å²) in [4.78, 5) is 0.962. The molecule has 0 amide bonds. The molecule has 0 saturated carbocycles. The third-order valence-corrected chi connectivity index (χ3v) is 4.85. The summed E-state index contributed by atoms with van der Waals surface area (Å²) in [6.07, 6.45) is 5.78. The molecule has 0 aliphatic rings. The van der Waals surface area contributed by atoms with E-state index in [1.165, 1.54) is 11.3 Å². The summed E-state index contributed by atoms with van der Waals surface area (Å²) >= 11 is 1.24. The molecule has 1 unspecified atom stereocenters. The quantitative estimate of drug-likeness (QED) is 0.819. The monoisotopic (exact) mass is 243 g/mol. The highest BCUT2D eigenvalue weighted by Gasteiger charge is 2.18. The van der Waals surface area contributed by atoms with Crippen LogP contribution in [-0.2, 0) is 10.0 Å². The maximum Gasteiger partial charge on any atom is 0.251 e. The highest BCUT2D eigenvalue weighted by Crippen LogP contribution is 2.20. The van der Waals surface area contributed by atoms with Crippen LogP contribution in [0.2, 0.25) is 0 Å². The van der Waals surface area contributed by atoms with Crippen LogP contribution in [0, 0.1) is 19.3 Å². The van der Waals surface area contributed by atoms with E-state index in [9.17, 15) is 8.42 Å². The first-order valence-corrected chi connectivity index (χ1v) is 6.84. The normalized spacial score (nSPS) is 13.4. The smallest absolute Gasteiger partial charge is 0.206 e. The lowest BCUT2D eigenvalue weighted by Crippen LogP contribution is -2.32. The Morgan fingerprint density at radius 3 is 2.67 bits per heavy atom. The second-order valence-corrected chi connectivity index (χ2v) is 6.34. The largest absolute Gasteiger partial charge is 0.251 e. The van der Waals surface area contributed by atoms with Gasteiger partial charge < -0.3 is 0 Å². The summed E-state index contributed by atoms with van der Waals surface area (Å²) in [5.41, 5.74) is 0. The van der Waals surface area contributed by atoms with Gasteiger partial charge in [-0.2, -0.15) is 4.72 Å². The van der Waals surface area contributed by atoms with Crippen molar-refractivity contribution >= 4 is 21.4 Å². The van der Waals surface area contributed by atoms with Crippen LogP contribution in [-0.4, -0.2) is 14.5 Å². The van der Waals surface area contributed by atoms with Crippen LogP contribution >= 0.6 is 11.3 Å². The Kier molecular flexibility index (Phi) is 3.91. The fourth-order valence-electron chi connectivity index (χ4n) is 1.04. The highest BCUT2D eigenvalue weighted by atomic mass is 32.2. The average Bonchev–Trinajstić information content (AvgIpc) is 2.62. The lowest BCUT2D eigenvalue weighted by molar-refractivity contribution is 0.572. The van der Waals surface area contributed by atoms with Gasteiger partial charge in [-0.15, -0.1) is 17.8 Å². The van der Waals surface area contributed by atoms with E-state index in [0.717, 1.165) is 4.88 Å². The van der Waals surface area contributed by atoms with Gasteiger partial charge in [-0.05, 0) is 25.5 Å². The van der Waals surface area contributed by atoms with E-state index in [0.29, 0.717) is 10.6 Å². The summed E-state index contributed by atoms with van der Waals surface area (Å²) in [5, 5.41) is 0. The number of hydrogen-bond donors (Lipinski definition) is 1. The first-order chi connectivity index (χ1) is 6.99. The minimum Gasteiger partial charge on any atom is -0.206 e. The summed E-state index contributed by atoms with van der Waals surface area (Å²) in [7, 11) is -3.44. The van der Waals surface area contributed by atoms with Crippen molar-refractivity contribution in [2.24, 2.45) is 0 Å². The Hall–Kier alpha value is -0.830. The van der Waals surface area contributed by atoms with Gasteiger partial charge in [0.05, 0.1) is 6.04 Å². The molecule has 0 aromatic carbocycles. The van der Waals surface area contributed by atoms with Crippen molar-refractivity contribution in [1.29, 1.82) is 0 Å². The molecule has 3 nitrogen and oxygen atoms in total. The molecule has 1 atom stereocenters. The molecule has 5 heteroatoms. The fraction of sp³-hybridized carbons (Fsp3) is 0.400. The van der Waals surface area contributed by atoms with Crippen molar-refractivity contribution in [2.45, 2.75) is 30.5 Å². The Balaban J connectivity index is 2.90. The van der Waals surface area contributed by atoms with E-state index in [-0.39, 0.29) is 0 Å². The molecule has 1 N–H and O–H groups in total. The van der Waals surface area contributed by atoms with Gasteiger partial charge in [-0.1, -0.05) is 12.8 Å². The van der Waals surface area contributed by atoms with Crippen molar-refractivity contribution in [3.05, 3.63) is 17.0 Å². The molecule has 0 saturated heterocycles. The van der Waals surface area contributed by atoms with Crippen LogP contribution < -0.4 is 4.72 Å². The van der Waals surface area contributed by atoms with Gasteiger partial charge in [0, 0.05) is 4.88 Å². The third-order valence-electron chi connectivity index (χ3n) is 1.89. The van der Waals surface area contributed by atoms with Crippen LogP contribution in [0.15, 0.2) is 16.3 Å². The number of terminal acetylenes is 1. The molecule has 0 bridgehead atoms. The zero-order chi connectivity index (χ0) is 11.5. The van der Waals surface area contributed by atoms with Crippen LogP contribution in [0.5, 0.6) is 0 Å². The van der Waals surface area contributed by atoms with E-state index >= 15 is 0 Å². The summed E-state index contributed by atoms with van der Waals surface area (Å²) < 4.78 is 26.3. The van der Waals surface area contributed by atoms with Crippen LogP contribution in [0.25, 0.3) is 0 Å². The maximum atomic E-state index is 11.8. The van der Waals surface area contributed by atoms with Crippen molar-refractivity contribution in [3.63, 3.8) is 0 Å². The van der Waals surface area contributed by atoms with Crippen molar-refractivity contribution < 1.29 is 8.42 Å². The molecule has 0 aliphatic heterocycles. The Morgan fingerprint density at radius 1 is 1.60 bits per heavy atom. The number of aryl methyl sites for hydroxylation is 1. The molecule has 0 fully saturated rings. The number of nitrogens with one attached hydrogen (secondary N) is 1. The molecular weight excluding hydrogens is 230 g/mol. The summed E-state index contributed by atoms with van der Waals surface area (Å²) in [5.74, 6) is 2.40. The lowest BCUT2D eigenvalue weighted by Gasteiger charge is -2.09. The second kappa shape index (κ2) is 4.79. The number of thiophene rings is 1. The molecule has 82 valence electrons. The standard InChI is InChI=1S/C10H13NO2S2/c1-4-9(5-2)11-15(12,13)10-7-6-8(3)14-10/h1,6-7,9,11H,5H2,2-3H3. The van der Waals surface area contributed by atoms with E-state index in [1.807, 2.05) is 13.8 Å². The molecule has 1 rings (SSSR count). The zero-order valence-corrected chi connectivity index (χ0v) is 10.3. The molecule has 1 aromatic heterocycles. The predicted molar refractivity (Wildman–Crippen MR) is 62.3 cm³/mol. The van der Waals surface area contributed by atoms with Crippen LogP contribution in [0.4, 0.5) is 0 Å². The SMILES string of the molecule is C#CC(CC)NS(=O)(=O)c1ccc(C)s1. The van der Waals surface area contributed by atoms with Crippen molar-refractivity contribution in [3.8, 4) is 12.3 Å². The Bertz CT molecular complexity index is 468. The fourth-order valence-corrected chi connectivity index (χ4v) is 3.58. The molecule has 15 heavy (non-hydrogen) atoms. The first-order valence-electron chi connectivity index (χ1n) is 4.54. The Morgan fingerprint density at radius 2 is 2.27 bits per heavy atom. The average molecular weight is 243 g/mol. The van der Waals surface area contributed by atoms with Gasteiger partial charge in [0.1, 0.15) is 4.21 Å². The van der Waals surface area contributed by atoms with Gasteiger partial charge in [0.2, 0.25) is 0 Å². The summed E-state index contributed by atoms with van der Waals surface area (Å²) in [6.45, 7) is 3.70. The number of hydrogen-bond acceptors (Lipinski definition) is 3. The lowest BCUT2D eigenvalue weighted by atomic mass is 10.3. The highest BCUT2D eigenvalue weighted by molar-refractivity contribution is 7.91. The first kappa shape index (κ1) is 12.2. The minimum atomic E-state index is -3.44. The van der Waals surface area contributed by atoms with Gasteiger partial charge in [-0.3, -0.25) is 0 Å². The molecular formula is C10H13NO2S2. The third kappa shape index (κ3) is 3.06. The van der Waals surface area contributed by atoms with Gasteiger partial charge in [0.15, 0.2) is 0 Å². The van der Waals surface area contributed by atoms with Crippen LogP contribution in [0.3, 0.4) is 0 Å². The molecule has 0 radical (unpaired) electrons. The van der Waals surface area contributed by atoms with E-state index in [2.05, 4.69) is 10.6 Å². The van der Waals surface area contributed by atoms with Crippen molar-refractivity contribution in [2.75, 3.05) is 0 Å². The molecule has 1 aromatic rings. The maximum absolute atomic E-state index is 11.8. The predicted octanol–water partition coefficient (Wildman–Crippen LogP) is 1.75. The number of sulfonamides is 1. The van der Waals surface area contributed by atoms with E-state index in [1.54, 1.807) is 12.1 Å². The van der Waals surface area contributed by atoms with Crippen LogP contribution in [0.1, 0.15) is 18.2 Å². The van der Waals surface area contributed by atoms with E-state index < -0.39 is 16.1 Å².